The van der Waals surface area contributed by atoms with E-state index in [2.05, 4.69) is 15.9 Å². The summed E-state index contributed by atoms with van der Waals surface area (Å²) < 4.78 is 11.6. The molecule has 17 heavy (non-hydrogen) atoms. The normalized spacial score (nSPS) is 10.1. The largest absolute Gasteiger partial charge is 0.497 e. The number of hydrogen-bond donors (Lipinski definition) is 0. The highest BCUT2D eigenvalue weighted by molar-refractivity contribution is 9.10. The van der Waals surface area contributed by atoms with Gasteiger partial charge in [-0.3, -0.25) is 0 Å². The van der Waals surface area contributed by atoms with E-state index in [0.29, 0.717) is 5.02 Å². The van der Waals surface area contributed by atoms with Gasteiger partial charge in [-0.1, -0.05) is 11.6 Å². The molecule has 0 spiro atoms. The van der Waals surface area contributed by atoms with Crippen molar-refractivity contribution in [1.29, 1.82) is 0 Å². The van der Waals surface area contributed by atoms with Gasteiger partial charge >= 0.3 is 0 Å². The van der Waals surface area contributed by atoms with Crippen LogP contribution < -0.4 is 9.47 Å². The van der Waals surface area contributed by atoms with E-state index in [-0.39, 0.29) is 0 Å². The maximum absolute atomic E-state index is 5.86. The minimum atomic E-state index is 0.666. The van der Waals surface area contributed by atoms with Crippen LogP contribution in [0, 0.1) is 0 Å². The number of methoxy groups -OCH3 is 1. The molecule has 0 aliphatic heterocycles. The predicted molar refractivity (Wildman–Crippen MR) is 72.2 cm³/mol. The molecule has 2 aromatic carbocycles. The first kappa shape index (κ1) is 12.3. The summed E-state index contributed by atoms with van der Waals surface area (Å²) in [4.78, 5) is 0. The smallest absolute Gasteiger partial charge is 0.141 e. The molecular formula is C13H10BrClO2. The first-order chi connectivity index (χ1) is 8.19. The first-order valence-corrected chi connectivity index (χ1v) is 6.13. The Morgan fingerprint density at radius 2 is 1.65 bits per heavy atom. The molecule has 4 heteroatoms. The second kappa shape index (κ2) is 5.43. The van der Waals surface area contributed by atoms with E-state index in [1.165, 1.54) is 0 Å². The van der Waals surface area contributed by atoms with Crippen LogP contribution in [0.4, 0.5) is 0 Å². The highest BCUT2D eigenvalue weighted by atomic mass is 79.9. The van der Waals surface area contributed by atoms with E-state index >= 15 is 0 Å². The summed E-state index contributed by atoms with van der Waals surface area (Å²) >= 11 is 9.26. The Morgan fingerprint density at radius 1 is 1.00 bits per heavy atom. The molecule has 0 fully saturated rings. The van der Waals surface area contributed by atoms with Gasteiger partial charge in [-0.25, -0.2) is 0 Å². The zero-order valence-electron chi connectivity index (χ0n) is 9.11. The lowest BCUT2D eigenvalue weighted by atomic mass is 10.3. The molecule has 0 aromatic heterocycles. The SMILES string of the molecule is COc1ccc(Oc2ccc(Cl)cc2Br)cc1. The second-order valence-corrected chi connectivity index (χ2v) is 4.64. The third-order valence-corrected chi connectivity index (χ3v) is 3.04. The summed E-state index contributed by atoms with van der Waals surface area (Å²) in [6.07, 6.45) is 0. The van der Waals surface area contributed by atoms with Gasteiger partial charge in [0.1, 0.15) is 17.2 Å². The monoisotopic (exact) mass is 312 g/mol. The van der Waals surface area contributed by atoms with Gasteiger partial charge in [0.05, 0.1) is 11.6 Å². The molecule has 88 valence electrons. The van der Waals surface area contributed by atoms with Crippen molar-refractivity contribution in [3.05, 3.63) is 52.0 Å². The molecule has 0 N–H and O–H groups in total. The molecule has 0 radical (unpaired) electrons. The zero-order chi connectivity index (χ0) is 12.3. The number of halogens is 2. The van der Waals surface area contributed by atoms with Gasteiger partial charge < -0.3 is 9.47 Å². The Morgan fingerprint density at radius 3 is 2.24 bits per heavy atom. The molecule has 0 unspecified atom stereocenters. The van der Waals surface area contributed by atoms with Crippen LogP contribution in [0.5, 0.6) is 17.2 Å². The highest BCUT2D eigenvalue weighted by Gasteiger charge is 2.03. The number of benzene rings is 2. The van der Waals surface area contributed by atoms with E-state index < -0.39 is 0 Å². The van der Waals surface area contributed by atoms with E-state index in [4.69, 9.17) is 21.1 Å². The van der Waals surface area contributed by atoms with Gasteiger partial charge in [0, 0.05) is 5.02 Å². The quantitative estimate of drug-likeness (QED) is 0.802. The minimum absolute atomic E-state index is 0.666. The van der Waals surface area contributed by atoms with Gasteiger partial charge in [0.2, 0.25) is 0 Å². The molecule has 0 bridgehead atoms. The van der Waals surface area contributed by atoms with E-state index in [1.807, 2.05) is 30.3 Å². The van der Waals surface area contributed by atoms with Gasteiger partial charge in [-0.15, -0.1) is 0 Å². The number of hydrogen-bond acceptors (Lipinski definition) is 2. The van der Waals surface area contributed by atoms with Crippen LogP contribution in [-0.4, -0.2) is 7.11 Å². The molecule has 0 aliphatic carbocycles. The summed E-state index contributed by atoms with van der Waals surface area (Å²) in [5, 5.41) is 0.666. The highest BCUT2D eigenvalue weighted by Crippen LogP contribution is 2.32. The average molecular weight is 314 g/mol. The van der Waals surface area contributed by atoms with Gasteiger partial charge in [-0.05, 0) is 58.4 Å². The average Bonchev–Trinajstić information content (AvgIpc) is 2.34. The Labute approximate surface area is 113 Å². The van der Waals surface area contributed by atoms with Crippen molar-refractivity contribution in [2.24, 2.45) is 0 Å². The topological polar surface area (TPSA) is 18.5 Å². The molecule has 0 saturated carbocycles. The fourth-order valence-electron chi connectivity index (χ4n) is 1.33. The van der Waals surface area contributed by atoms with Crippen molar-refractivity contribution < 1.29 is 9.47 Å². The number of rotatable bonds is 3. The molecule has 0 aliphatic rings. The van der Waals surface area contributed by atoms with Crippen LogP contribution in [0.3, 0.4) is 0 Å². The molecule has 0 saturated heterocycles. The molecule has 2 nitrogen and oxygen atoms in total. The van der Waals surface area contributed by atoms with Crippen LogP contribution in [0.2, 0.25) is 5.02 Å². The van der Waals surface area contributed by atoms with E-state index in [0.717, 1.165) is 21.7 Å². The molecule has 0 atom stereocenters. The van der Waals surface area contributed by atoms with Crippen molar-refractivity contribution in [1.82, 2.24) is 0 Å². The Hall–Kier alpha value is -1.19. The van der Waals surface area contributed by atoms with Crippen LogP contribution >= 0.6 is 27.5 Å². The standard InChI is InChI=1S/C13H10BrClO2/c1-16-10-3-5-11(6-4-10)17-13-7-2-9(15)8-12(13)14/h2-8H,1H3. The predicted octanol–water partition coefficient (Wildman–Crippen LogP) is 4.90. The van der Waals surface area contributed by atoms with Crippen LogP contribution in [0.15, 0.2) is 46.9 Å². The third kappa shape index (κ3) is 3.14. The summed E-state index contributed by atoms with van der Waals surface area (Å²) in [5.41, 5.74) is 0. The molecular weight excluding hydrogens is 303 g/mol. The second-order valence-electron chi connectivity index (χ2n) is 3.35. The van der Waals surface area contributed by atoms with Crippen molar-refractivity contribution in [2.75, 3.05) is 7.11 Å². The Balaban J connectivity index is 2.19. The summed E-state index contributed by atoms with van der Waals surface area (Å²) in [7, 11) is 1.63. The first-order valence-electron chi connectivity index (χ1n) is 4.96. The van der Waals surface area contributed by atoms with Gasteiger partial charge in [0.25, 0.3) is 0 Å². The van der Waals surface area contributed by atoms with Crippen molar-refractivity contribution >= 4 is 27.5 Å². The molecule has 0 amide bonds. The van der Waals surface area contributed by atoms with Crippen LogP contribution in [0.25, 0.3) is 0 Å². The lowest BCUT2D eigenvalue weighted by molar-refractivity contribution is 0.412. The zero-order valence-corrected chi connectivity index (χ0v) is 11.5. The van der Waals surface area contributed by atoms with E-state index in [9.17, 15) is 0 Å². The van der Waals surface area contributed by atoms with Crippen LogP contribution in [-0.2, 0) is 0 Å². The van der Waals surface area contributed by atoms with Crippen molar-refractivity contribution in [2.45, 2.75) is 0 Å². The van der Waals surface area contributed by atoms with E-state index in [1.54, 1.807) is 19.2 Å². The van der Waals surface area contributed by atoms with Gasteiger partial charge in [0.15, 0.2) is 0 Å². The lowest BCUT2D eigenvalue weighted by Crippen LogP contribution is -1.86. The maximum Gasteiger partial charge on any atom is 0.141 e. The summed E-state index contributed by atoms with van der Waals surface area (Å²) in [5.74, 6) is 2.26. The fraction of sp³-hybridized carbons (Fsp3) is 0.0769. The Bertz CT molecular complexity index is 511. The lowest BCUT2D eigenvalue weighted by Gasteiger charge is -2.08. The summed E-state index contributed by atoms with van der Waals surface area (Å²) in [6.45, 7) is 0. The Kier molecular flexibility index (Phi) is 3.92. The van der Waals surface area contributed by atoms with Crippen molar-refractivity contribution in [3.8, 4) is 17.2 Å². The minimum Gasteiger partial charge on any atom is -0.497 e. The fourth-order valence-corrected chi connectivity index (χ4v) is 2.09. The van der Waals surface area contributed by atoms with Crippen LogP contribution in [0.1, 0.15) is 0 Å². The van der Waals surface area contributed by atoms with Crippen molar-refractivity contribution in [3.63, 3.8) is 0 Å². The molecule has 0 heterocycles. The molecule has 2 aromatic rings. The number of ether oxygens (including phenoxy) is 2. The molecule has 2 rings (SSSR count). The third-order valence-electron chi connectivity index (χ3n) is 2.18. The van der Waals surface area contributed by atoms with Gasteiger partial charge in [-0.2, -0.15) is 0 Å². The maximum atomic E-state index is 5.86. The summed E-state index contributed by atoms with van der Waals surface area (Å²) in [6, 6.07) is 12.8.